The molecule has 1 aliphatic rings. The summed E-state index contributed by atoms with van der Waals surface area (Å²) >= 11 is 6.20. The van der Waals surface area contributed by atoms with E-state index in [0.29, 0.717) is 11.7 Å². The Morgan fingerprint density at radius 2 is 2.00 bits per heavy atom. The number of halogens is 1. The molecule has 3 rings (SSSR count). The number of carbonyl (C=O) groups is 1. The van der Waals surface area contributed by atoms with Gasteiger partial charge in [-0.2, -0.15) is 5.10 Å². The van der Waals surface area contributed by atoms with Gasteiger partial charge >= 0.3 is 0 Å². The van der Waals surface area contributed by atoms with E-state index in [-0.39, 0.29) is 11.3 Å². The van der Waals surface area contributed by atoms with E-state index in [1.54, 1.807) is 23.9 Å². The number of hydrogen-bond donors (Lipinski definition) is 1. The number of benzene rings is 1. The molecular weight excluding hydrogens is 334 g/mol. The molecule has 1 aliphatic carbocycles. The van der Waals surface area contributed by atoms with Gasteiger partial charge in [-0.3, -0.25) is 9.48 Å². The van der Waals surface area contributed by atoms with Crippen LogP contribution in [0.3, 0.4) is 0 Å². The van der Waals surface area contributed by atoms with Crippen LogP contribution >= 0.6 is 11.6 Å². The molecule has 0 saturated heterocycles. The van der Waals surface area contributed by atoms with Crippen molar-refractivity contribution in [2.75, 3.05) is 6.54 Å². The predicted molar refractivity (Wildman–Crippen MR) is 102 cm³/mol. The lowest BCUT2D eigenvalue weighted by atomic mass is 9.79. The van der Waals surface area contributed by atoms with Crippen LogP contribution < -0.4 is 5.32 Å². The van der Waals surface area contributed by atoms with Crippen LogP contribution in [0, 0.1) is 6.92 Å². The highest BCUT2D eigenvalue weighted by molar-refractivity contribution is 6.31. The minimum Gasteiger partial charge on any atom is -0.352 e. The largest absolute Gasteiger partial charge is 0.352 e. The lowest BCUT2D eigenvalue weighted by molar-refractivity contribution is -0.116. The number of hydrogen-bond acceptors (Lipinski definition) is 2. The molecule has 0 aliphatic heterocycles. The van der Waals surface area contributed by atoms with E-state index >= 15 is 0 Å². The molecule has 0 spiro atoms. The Hall–Kier alpha value is -2.07. The monoisotopic (exact) mass is 357 g/mol. The Labute approximate surface area is 153 Å². The van der Waals surface area contributed by atoms with E-state index in [2.05, 4.69) is 34.7 Å². The molecule has 1 aromatic carbocycles. The molecule has 0 atom stereocenters. The number of amides is 1. The van der Waals surface area contributed by atoms with Crippen molar-refractivity contribution in [1.29, 1.82) is 0 Å². The molecule has 1 amide bonds. The highest BCUT2D eigenvalue weighted by Crippen LogP contribution is 2.40. The molecule has 1 saturated carbocycles. The fourth-order valence-corrected chi connectivity index (χ4v) is 3.96. The summed E-state index contributed by atoms with van der Waals surface area (Å²) in [5.41, 5.74) is 2.99. The van der Waals surface area contributed by atoms with E-state index in [1.165, 1.54) is 18.4 Å². The Kier molecular flexibility index (Phi) is 5.28. The van der Waals surface area contributed by atoms with Crippen LogP contribution in [0.1, 0.15) is 42.5 Å². The van der Waals surface area contributed by atoms with Crippen molar-refractivity contribution >= 4 is 23.6 Å². The van der Waals surface area contributed by atoms with E-state index in [9.17, 15) is 4.79 Å². The fourth-order valence-electron chi connectivity index (χ4n) is 3.72. The van der Waals surface area contributed by atoms with Crippen molar-refractivity contribution in [2.45, 2.75) is 38.0 Å². The number of aromatic nitrogens is 2. The second-order valence-corrected chi connectivity index (χ2v) is 7.18. The maximum absolute atomic E-state index is 12.3. The van der Waals surface area contributed by atoms with Crippen molar-refractivity contribution < 1.29 is 4.79 Å². The molecule has 1 fully saturated rings. The quantitative estimate of drug-likeness (QED) is 0.821. The molecule has 2 aromatic rings. The maximum Gasteiger partial charge on any atom is 0.244 e. The second kappa shape index (κ2) is 7.44. The van der Waals surface area contributed by atoms with Gasteiger partial charge in [0.1, 0.15) is 5.15 Å². The summed E-state index contributed by atoms with van der Waals surface area (Å²) in [6.07, 6.45) is 7.95. The SMILES string of the molecule is Cc1nn(C)c(Cl)c1/C=C/C(=O)NCC1(c2ccccc2)CCCC1. The molecule has 132 valence electrons. The van der Waals surface area contributed by atoms with Crippen molar-refractivity contribution in [2.24, 2.45) is 7.05 Å². The van der Waals surface area contributed by atoms with Gasteiger partial charge in [-0.1, -0.05) is 54.8 Å². The molecule has 25 heavy (non-hydrogen) atoms. The topological polar surface area (TPSA) is 46.9 Å². The zero-order valence-electron chi connectivity index (χ0n) is 14.8. The number of nitrogens with one attached hydrogen (secondary N) is 1. The fraction of sp³-hybridized carbons (Fsp3) is 0.400. The molecule has 5 heteroatoms. The summed E-state index contributed by atoms with van der Waals surface area (Å²) < 4.78 is 1.61. The lowest BCUT2D eigenvalue weighted by Gasteiger charge is -2.29. The summed E-state index contributed by atoms with van der Waals surface area (Å²) in [5, 5.41) is 7.87. The van der Waals surface area contributed by atoms with Crippen LogP contribution in [0.15, 0.2) is 36.4 Å². The summed E-state index contributed by atoms with van der Waals surface area (Å²) in [5.74, 6) is -0.0958. The number of nitrogens with zero attached hydrogens (tertiary/aromatic N) is 2. The molecule has 1 N–H and O–H groups in total. The Balaban J connectivity index is 1.67. The third kappa shape index (κ3) is 3.79. The Bertz CT molecular complexity index is 774. The zero-order chi connectivity index (χ0) is 17.9. The maximum atomic E-state index is 12.3. The van der Waals surface area contributed by atoms with Gasteiger partial charge in [0.15, 0.2) is 0 Å². The summed E-state index contributed by atoms with van der Waals surface area (Å²) in [4.78, 5) is 12.3. The molecule has 1 heterocycles. The average molecular weight is 358 g/mol. The predicted octanol–water partition coefficient (Wildman–Crippen LogP) is 4.02. The van der Waals surface area contributed by atoms with Gasteiger partial charge in [0.25, 0.3) is 0 Å². The smallest absolute Gasteiger partial charge is 0.244 e. The third-order valence-corrected chi connectivity index (χ3v) is 5.59. The molecule has 0 radical (unpaired) electrons. The Morgan fingerprint density at radius 3 is 2.60 bits per heavy atom. The van der Waals surface area contributed by atoms with E-state index in [0.717, 1.165) is 24.1 Å². The number of aryl methyl sites for hydroxylation is 2. The molecule has 4 nitrogen and oxygen atoms in total. The van der Waals surface area contributed by atoms with Crippen LogP contribution in [-0.4, -0.2) is 22.2 Å². The minimum atomic E-state index is -0.0958. The highest BCUT2D eigenvalue weighted by atomic mass is 35.5. The highest BCUT2D eigenvalue weighted by Gasteiger charge is 2.35. The summed E-state index contributed by atoms with van der Waals surface area (Å²) in [6, 6.07) is 10.5. The van der Waals surface area contributed by atoms with Gasteiger partial charge in [-0.15, -0.1) is 0 Å². The van der Waals surface area contributed by atoms with Gasteiger partial charge in [-0.05, 0) is 31.4 Å². The first-order valence-electron chi connectivity index (χ1n) is 8.72. The first-order chi connectivity index (χ1) is 12.0. The van der Waals surface area contributed by atoms with Crippen LogP contribution in [0.4, 0.5) is 0 Å². The van der Waals surface area contributed by atoms with Crippen LogP contribution in [0.2, 0.25) is 5.15 Å². The second-order valence-electron chi connectivity index (χ2n) is 6.82. The van der Waals surface area contributed by atoms with E-state index in [1.807, 2.05) is 13.0 Å². The van der Waals surface area contributed by atoms with Crippen LogP contribution in [0.5, 0.6) is 0 Å². The van der Waals surface area contributed by atoms with Crippen molar-refractivity contribution in [1.82, 2.24) is 15.1 Å². The van der Waals surface area contributed by atoms with Crippen molar-refractivity contribution in [3.8, 4) is 0 Å². The summed E-state index contributed by atoms with van der Waals surface area (Å²) in [6.45, 7) is 2.55. The average Bonchev–Trinajstić information content (AvgIpc) is 3.19. The van der Waals surface area contributed by atoms with Crippen molar-refractivity contribution in [3.05, 3.63) is 58.4 Å². The molecule has 0 bridgehead atoms. The van der Waals surface area contributed by atoms with E-state index < -0.39 is 0 Å². The third-order valence-electron chi connectivity index (χ3n) is 5.15. The van der Waals surface area contributed by atoms with Gasteiger partial charge in [-0.25, -0.2) is 0 Å². The lowest BCUT2D eigenvalue weighted by Crippen LogP contribution is -2.38. The standard InChI is InChI=1S/C20H24ClN3O/c1-15-17(19(21)24(2)23-15)10-11-18(25)22-14-20(12-6-7-13-20)16-8-4-3-5-9-16/h3-5,8-11H,6-7,12-14H2,1-2H3,(H,22,25)/b11-10+. The molecule has 1 aromatic heterocycles. The van der Waals surface area contributed by atoms with Gasteiger partial charge in [0.2, 0.25) is 5.91 Å². The first kappa shape index (κ1) is 17.7. The minimum absolute atomic E-state index is 0.0621. The van der Waals surface area contributed by atoms with Gasteiger partial charge < -0.3 is 5.32 Å². The summed E-state index contributed by atoms with van der Waals surface area (Å²) in [7, 11) is 1.79. The van der Waals surface area contributed by atoms with Crippen LogP contribution in [0.25, 0.3) is 6.08 Å². The Morgan fingerprint density at radius 1 is 1.32 bits per heavy atom. The van der Waals surface area contributed by atoms with Crippen LogP contribution in [-0.2, 0) is 17.3 Å². The van der Waals surface area contributed by atoms with Gasteiger partial charge in [0.05, 0.1) is 5.69 Å². The molecular formula is C20H24ClN3O. The number of rotatable bonds is 5. The normalized spacial score (nSPS) is 16.4. The first-order valence-corrected chi connectivity index (χ1v) is 9.10. The van der Waals surface area contributed by atoms with Crippen molar-refractivity contribution in [3.63, 3.8) is 0 Å². The zero-order valence-corrected chi connectivity index (χ0v) is 15.5. The van der Waals surface area contributed by atoms with E-state index in [4.69, 9.17) is 11.6 Å². The van der Waals surface area contributed by atoms with Gasteiger partial charge in [0, 0.05) is 30.6 Å². The molecule has 0 unspecified atom stereocenters. The number of carbonyl (C=O) groups excluding carboxylic acids is 1.